The Morgan fingerprint density at radius 3 is 2.60 bits per heavy atom. The second-order valence-corrected chi connectivity index (χ2v) is 7.69. The third-order valence-electron chi connectivity index (χ3n) is 3.61. The zero-order valence-corrected chi connectivity index (χ0v) is 15.3. The summed E-state index contributed by atoms with van der Waals surface area (Å²) in [5.74, 6) is -0.373. The Hall–Kier alpha value is -2.22. The van der Waals surface area contributed by atoms with Gasteiger partial charge in [0.25, 0.3) is 15.9 Å². The van der Waals surface area contributed by atoms with Gasteiger partial charge in [-0.1, -0.05) is 29.3 Å². The molecule has 3 aromatic rings. The Kier molecular flexibility index (Phi) is 4.64. The summed E-state index contributed by atoms with van der Waals surface area (Å²) in [4.78, 5) is 14.6. The van der Waals surface area contributed by atoms with Crippen LogP contribution in [0.1, 0.15) is 10.4 Å². The van der Waals surface area contributed by atoms with Gasteiger partial charge in [0, 0.05) is 24.2 Å². The van der Waals surface area contributed by atoms with E-state index in [1.54, 1.807) is 6.07 Å². The number of hydrogen-bond donors (Lipinski definition) is 3. The highest BCUT2D eigenvalue weighted by Crippen LogP contribution is 2.35. The molecular weight excluding hydrogens is 385 g/mol. The molecule has 0 aliphatic rings. The number of carbonyl (C=O) groups is 1. The molecule has 0 aliphatic heterocycles. The van der Waals surface area contributed by atoms with Gasteiger partial charge < -0.3 is 10.3 Å². The average Bonchev–Trinajstić information content (AvgIpc) is 2.99. The molecule has 0 unspecified atom stereocenters. The summed E-state index contributed by atoms with van der Waals surface area (Å²) in [5.41, 5.74) is 1.02. The molecule has 0 bridgehead atoms. The topological polar surface area (TPSA) is 91.1 Å². The van der Waals surface area contributed by atoms with Gasteiger partial charge in [-0.2, -0.15) is 0 Å². The summed E-state index contributed by atoms with van der Waals surface area (Å²) in [6.45, 7) is 0. The first kappa shape index (κ1) is 17.6. The molecule has 3 N–H and O–H groups in total. The quantitative estimate of drug-likeness (QED) is 0.627. The van der Waals surface area contributed by atoms with E-state index in [1.807, 2.05) is 0 Å². The Balaban J connectivity index is 2.03. The standard InChI is InChI=1S/C16H13Cl2N3O3S/c1-19-16(22)9-3-2-4-10(7-9)25(23,24)21-13-6-5-11(17)14-12(18)8-20-15(13)14/h2-8,20-21H,1H3,(H,19,22). The van der Waals surface area contributed by atoms with E-state index < -0.39 is 10.0 Å². The van der Waals surface area contributed by atoms with E-state index in [9.17, 15) is 13.2 Å². The predicted octanol–water partition coefficient (Wildman–Crippen LogP) is 3.64. The van der Waals surface area contributed by atoms with Crippen molar-refractivity contribution in [2.75, 3.05) is 11.8 Å². The van der Waals surface area contributed by atoms with Crippen molar-refractivity contribution in [1.82, 2.24) is 10.3 Å². The maximum absolute atomic E-state index is 12.7. The summed E-state index contributed by atoms with van der Waals surface area (Å²) in [6, 6.07) is 8.84. The van der Waals surface area contributed by atoms with Gasteiger partial charge >= 0.3 is 0 Å². The van der Waals surface area contributed by atoms with Crippen LogP contribution in [0.25, 0.3) is 10.9 Å². The number of amides is 1. The molecule has 9 heteroatoms. The van der Waals surface area contributed by atoms with Crippen molar-refractivity contribution < 1.29 is 13.2 Å². The number of sulfonamides is 1. The summed E-state index contributed by atoms with van der Waals surface area (Å²) in [7, 11) is -2.44. The van der Waals surface area contributed by atoms with Gasteiger partial charge in [0.2, 0.25) is 0 Å². The Labute approximate surface area is 154 Å². The highest BCUT2D eigenvalue weighted by atomic mass is 35.5. The van der Waals surface area contributed by atoms with Crippen LogP contribution in [0.3, 0.4) is 0 Å². The molecule has 6 nitrogen and oxygen atoms in total. The minimum absolute atomic E-state index is 0.0330. The predicted molar refractivity (Wildman–Crippen MR) is 99.0 cm³/mol. The summed E-state index contributed by atoms with van der Waals surface area (Å²) in [5, 5.41) is 3.78. The number of aromatic amines is 1. The minimum atomic E-state index is -3.91. The molecule has 130 valence electrons. The molecule has 0 saturated heterocycles. The molecule has 0 aliphatic carbocycles. The minimum Gasteiger partial charge on any atom is -0.358 e. The van der Waals surface area contributed by atoms with Crippen LogP contribution in [-0.2, 0) is 10.0 Å². The fourth-order valence-corrected chi connectivity index (χ4v) is 4.08. The smallest absolute Gasteiger partial charge is 0.261 e. The maximum Gasteiger partial charge on any atom is 0.261 e. The normalized spacial score (nSPS) is 11.5. The molecule has 0 fully saturated rings. The van der Waals surface area contributed by atoms with E-state index in [2.05, 4.69) is 15.0 Å². The van der Waals surface area contributed by atoms with Crippen molar-refractivity contribution in [3.8, 4) is 0 Å². The van der Waals surface area contributed by atoms with Crippen LogP contribution < -0.4 is 10.0 Å². The van der Waals surface area contributed by atoms with Crippen LogP contribution in [-0.4, -0.2) is 26.4 Å². The van der Waals surface area contributed by atoms with Crippen LogP contribution in [0, 0.1) is 0 Å². The molecule has 1 aromatic heterocycles. The van der Waals surface area contributed by atoms with Crippen molar-refractivity contribution >= 4 is 55.7 Å². The maximum atomic E-state index is 12.7. The molecule has 2 aromatic carbocycles. The van der Waals surface area contributed by atoms with E-state index in [1.165, 1.54) is 43.6 Å². The van der Waals surface area contributed by atoms with Gasteiger partial charge in [-0.15, -0.1) is 0 Å². The number of H-pyrrole nitrogens is 1. The molecule has 1 heterocycles. The number of aromatic nitrogens is 1. The molecule has 0 saturated carbocycles. The van der Waals surface area contributed by atoms with Crippen LogP contribution in [0.2, 0.25) is 10.0 Å². The monoisotopic (exact) mass is 397 g/mol. The van der Waals surface area contributed by atoms with Gasteiger partial charge in [0.15, 0.2) is 0 Å². The van der Waals surface area contributed by atoms with Gasteiger partial charge in [-0.25, -0.2) is 8.42 Å². The lowest BCUT2D eigenvalue weighted by atomic mass is 10.2. The number of anilines is 1. The molecule has 3 rings (SSSR count). The largest absolute Gasteiger partial charge is 0.358 e. The fourth-order valence-electron chi connectivity index (χ4n) is 2.41. The van der Waals surface area contributed by atoms with Gasteiger partial charge in [0.1, 0.15) is 0 Å². The lowest BCUT2D eigenvalue weighted by Crippen LogP contribution is -2.19. The number of benzene rings is 2. The van der Waals surface area contributed by atoms with E-state index >= 15 is 0 Å². The number of nitrogens with one attached hydrogen (secondary N) is 3. The third-order valence-corrected chi connectivity index (χ3v) is 5.59. The van der Waals surface area contributed by atoms with Crippen molar-refractivity contribution in [3.63, 3.8) is 0 Å². The lowest BCUT2D eigenvalue weighted by Gasteiger charge is -2.11. The Morgan fingerprint density at radius 1 is 1.12 bits per heavy atom. The summed E-state index contributed by atoms with van der Waals surface area (Å²) >= 11 is 12.2. The first-order valence-corrected chi connectivity index (χ1v) is 9.37. The molecule has 0 spiro atoms. The first-order valence-electron chi connectivity index (χ1n) is 7.13. The second kappa shape index (κ2) is 6.59. The highest BCUT2D eigenvalue weighted by Gasteiger charge is 2.19. The van der Waals surface area contributed by atoms with Gasteiger partial charge in [-0.3, -0.25) is 9.52 Å². The Morgan fingerprint density at radius 2 is 1.88 bits per heavy atom. The number of halogens is 2. The number of hydrogen-bond acceptors (Lipinski definition) is 3. The first-order chi connectivity index (χ1) is 11.8. The lowest BCUT2D eigenvalue weighted by molar-refractivity contribution is 0.0963. The number of fused-ring (bicyclic) bond motifs is 1. The van der Waals surface area contributed by atoms with Crippen molar-refractivity contribution in [2.24, 2.45) is 0 Å². The van der Waals surface area contributed by atoms with Crippen LogP contribution >= 0.6 is 23.2 Å². The third kappa shape index (κ3) is 3.30. The zero-order valence-electron chi connectivity index (χ0n) is 12.9. The molecule has 25 heavy (non-hydrogen) atoms. The molecular formula is C16H13Cl2N3O3S. The van der Waals surface area contributed by atoms with Crippen LogP contribution in [0.15, 0.2) is 47.5 Å². The Bertz CT molecular complexity index is 1080. The average molecular weight is 398 g/mol. The van der Waals surface area contributed by atoms with Crippen molar-refractivity contribution in [3.05, 3.63) is 58.2 Å². The summed E-state index contributed by atoms with van der Waals surface area (Å²) < 4.78 is 27.8. The SMILES string of the molecule is CNC(=O)c1cccc(S(=O)(=O)Nc2ccc(Cl)c3c(Cl)c[nH]c23)c1. The number of carbonyl (C=O) groups excluding carboxylic acids is 1. The zero-order chi connectivity index (χ0) is 18.2. The van der Waals surface area contributed by atoms with Gasteiger partial charge in [0.05, 0.1) is 26.1 Å². The van der Waals surface area contributed by atoms with E-state index in [4.69, 9.17) is 23.2 Å². The van der Waals surface area contributed by atoms with Crippen molar-refractivity contribution in [1.29, 1.82) is 0 Å². The van der Waals surface area contributed by atoms with E-state index in [0.29, 0.717) is 26.6 Å². The number of rotatable bonds is 4. The van der Waals surface area contributed by atoms with E-state index in [-0.39, 0.29) is 16.4 Å². The summed E-state index contributed by atoms with van der Waals surface area (Å²) in [6.07, 6.45) is 1.53. The van der Waals surface area contributed by atoms with Crippen LogP contribution in [0.5, 0.6) is 0 Å². The van der Waals surface area contributed by atoms with Gasteiger partial charge in [-0.05, 0) is 30.3 Å². The highest BCUT2D eigenvalue weighted by molar-refractivity contribution is 7.92. The fraction of sp³-hybridized carbons (Fsp3) is 0.0625. The van der Waals surface area contributed by atoms with E-state index in [0.717, 1.165) is 0 Å². The molecule has 0 radical (unpaired) electrons. The van der Waals surface area contributed by atoms with Crippen molar-refractivity contribution in [2.45, 2.75) is 4.90 Å². The molecule has 0 atom stereocenters. The van der Waals surface area contributed by atoms with Crippen LogP contribution in [0.4, 0.5) is 5.69 Å². The second-order valence-electron chi connectivity index (χ2n) is 5.19. The molecule has 1 amide bonds.